The van der Waals surface area contributed by atoms with Crippen LogP contribution in [0, 0.1) is 28.6 Å². The van der Waals surface area contributed by atoms with Crippen molar-refractivity contribution >= 4 is 11.8 Å². The molecule has 6 nitrogen and oxygen atoms in total. The molecule has 0 aromatic carbocycles. The van der Waals surface area contributed by atoms with E-state index in [1.165, 1.54) is 0 Å². The summed E-state index contributed by atoms with van der Waals surface area (Å²) in [6.07, 6.45) is 0.523. The second kappa shape index (κ2) is 6.75. The molecule has 0 saturated carbocycles. The van der Waals surface area contributed by atoms with Crippen LogP contribution >= 0.6 is 0 Å². The van der Waals surface area contributed by atoms with Crippen molar-refractivity contribution in [1.29, 1.82) is 10.5 Å². The van der Waals surface area contributed by atoms with Gasteiger partial charge in [-0.2, -0.15) is 10.5 Å². The van der Waals surface area contributed by atoms with Gasteiger partial charge in [-0.25, -0.2) is 0 Å². The summed E-state index contributed by atoms with van der Waals surface area (Å²) >= 11 is 0. The minimum Gasteiger partial charge on any atom is -0.340 e. The summed E-state index contributed by atoms with van der Waals surface area (Å²) in [6.45, 7) is 3.10. The minimum absolute atomic E-state index is 0.0859. The van der Waals surface area contributed by atoms with Gasteiger partial charge < -0.3 is 9.80 Å². The molecule has 0 N–H and O–H groups in total. The molecule has 1 aliphatic rings. The maximum Gasteiger partial charge on any atom is 0.236 e. The number of hydrogen-bond donors (Lipinski definition) is 0. The number of amides is 2. The summed E-state index contributed by atoms with van der Waals surface area (Å²) < 4.78 is 0. The highest BCUT2D eigenvalue weighted by atomic mass is 16.2. The number of nitriles is 2. The van der Waals surface area contributed by atoms with Crippen molar-refractivity contribution in [3.05, 3.63) is 0 Å². The van der Waals surface area contributed by atoms with Gasteiger partial charge in [0.1, 0.15) is 12.8 Å². The van der Waals surface area contributed by atoms with Crippen molar-refractivity contribution in [3.63, 3.8) is 0 Å². The normalized spacial score (nSPS) is 22.2. The first-order valence-corrected chi connectivity index (χ1v) is 6.28. The third-order valence-corrected chi connectivity index (χ3v) is 3.62. The van der Waals surface area contributed by atoms with E-state index in [-0.39, 0.29) is 36.6 Å². The fraction of sp³-hybridized carbons (Fsp3) is 0.692. The third-order valence-electron chi connectivity index (χ3n) is 3.62. The Morgan fingerprint density at radius 1 is 1.32 bits per heavy atom. The fourth-order valence-corrected chi connectivity index (χ4v) is 2.34. The van der Waals surface area contributed by atoms with Crippen LogP contribution in [0.4, 0.5) is 0 Å². The summed E-state index contributed by atoms with van der Waals surface area (Å²) in [5.74, 6) is -0.145. The van der Waals surface area contributed by atoms with Gasteiger partial charge in [-0.3, -0.25) is 9.59 Å². The molecule has 1 fully saturated rings. The lowest BCUT2D eigenvalue weighted by molar-refractivity contribution is -0.139. The standard InChI is InChI=1S/C13H18N4O2/c1-10-5-8-17(13(19)4-7-15)9-11(10)16(2)12(18)3-6-14/h10-11H,3-5,8-9H2,1-2H3/t10-,11+/m1/s1. The van der Waals surface area contributed by atoms with Crippen LogP contribution in [0.5, 0.6) is 0 Å². The molecule has 0 aromatic rings. The average Bonchev–Trinajstić information content (AvgIpc) is 2.39. The highest BCUT2D eigenvalue weighted by Gasteiger charge is 2.32. The van der Waals surface area contributed by atoms with E-state index in [4.69, 9.17) is 10.5 Å². The molecule has 0 radical (unpaired) electrons. The van der Waals surface area contributed by atoms with Crippen molar-refractivity contribution in [2.45, 2.75) is 32.2 Å². The van der Waals surface area contributed by atoms with Crippen molar-refractivity contribution in [3.8, 4) is 12.1 Å². The van der Waals surface area contributed by atoms with E-state index in [9.17, 15) is 9.59 Å². The van der Waals surface area contributed by atoms with Gasteiger partial charge in [-0.1, -0.05) is 6.92 Å². The number of rotatable bonds is 3. The zero-order valence-corrected chi connectivity index (χ0v) is 11.3. The lowest BCUT2D eigenvalue weighted by Gasteiger charge is -2.41. The minimum atomic E-state index is -0.228. The van der Waals surface area contributed by atoms with Gasteiger partial charge >= 0.3 is 0 Å². The van der Waals surface area contributed by atoms with Crippen molar-refractivity contribution in [2.75, 3.05) is 20.1 Å². The first kappa shape index (κ1) is 15.0. The second-order valence-corrected chi connectivity index (χ2v) is 4.85. The number of carbonyl (C=O) groups is 2. The molecule has 1 heterocycles. The van der Waals surface area contributed by atoms with Gasteiger partial charge in [0.05, 0.1) is 18.2 Å². The number of carbonyl (C=O) groups excluding carboxylic acids is 2. The van der Waals surface area contributed by atoms with Crippen LogP contribution in [0.1, 0.15) is 26.2 Å². The van der Waals surface area contributed by atoms with Crippen molar-refractivity contribution in [1.82, 2.24) is 9.80 Å². The SMILES string of the molecule is C[C@@H]1CCN(C(=O)CC#N)C[C@@H]1N(C)C(=O)CC#N. The Morgan fingerprint density at radius 2 is 1.95 bits per heavy atom. The second-order valence-electron chi connectivity index (χ2n) is 4.85. The third kappa shape index (κ3) is 3.69. The van der Waals surface area contributed by atoms with E-state index < -0.39 is 0 Å². The van der Waals surface area contributed by atoms with Crippen LogP contribution < -0.4 is 0 Å². The van der Waals surface area contributed by atoms with Gasteiger partial charge in [0.2, 0.25) is 11.8 Å². The van der Waals surface area contributed by atoms with Crippen LogP contribution in [0.2, 0.25) is 0 Å². The lowest BCUT2D eigenvalue weighted by Crippen LogP contribution is -2.53. The molecule has 19 heavy (non-hydrogen) atoms. The molecule has 1 aliphatic heterocycles. The predicted molar refractivity (Wildman–Crippen MR) is 67.4 cm³/mol. The molecule has 6 heteroatoms. The molecule has 2 atom stereocenters. The van der Waals surface area contributed by atoms with Crippen LogP contribution in [0.15, 0.2) is 0 Å². The monoisotopic (exact) mass is 262 g/mol. The van der Waals surface area contributed by atoms with E-state index in [0.29, 0.717) is 13.1 Å². The molecule has 0 spiro atoms. The Morgan fingerprint density at radius 3 is 2.53 bits per heavy atom. The number of likely N-dealkylation sites (tertiary alicyclic amines) is 1. The molecule has 0 bridgehead atoms. The Bertz CT molecular complexity index is 435. The van der Waals surface area contributed by atoms with Gasteiger partial charge in [0.25, 0.3) is 0 Å². The van der Waals surface area contributed by atoms with Gasteiger partial charge in [0, 0.05) is 20.1 Å². The average molecular weight is 262 g/mol. The molecule has 0 unspecified atom stereocenters. The molecular formula is C13H18N4O2. The summed E-state index contributed by atoms with van der Waals surface area (Å²) in [7, 11) is 1.67. The summed E-state index contributed by atoms with van der Waals surface area (Å²) in [6, 6.07) is 3.60. The van der Waals surface area contributed by atoms with E-state index >= 15 is 0 Å². The van der Waals surface area contributed by atoms with E-state index in [1.54, 1.807) is 16.8 Å². The number of nitrogens with zero attached hydrogens (tertiary/aromatic N) is 4. The molecule has 0 aliphatic carbocycles. The summed E-state index contributed by atoms with van der Waals surface area (Å²) in [4.78, 5) is 26.6. The number of likely N-dealkylation sites (N-methyl/N-ethyl adjacent to an activating group) is 1. The van der Waals surface area contributed by atoms with Crippen LogP contribution in [0.25, 0.3) is 0 Å². The molecule has 102 valence electrons. The Kier molecular flexibility index (Phi) is 5.32. The highest BCUT2D eigenvalue weighted by Crippen LogP contribution is 2.22. The van der Waals surface area contributed by atoms with Crippen LogP contribution in [-0.2, 0) is 9.59 Å². The summed E-state index contributed by atoms with van der Waals surface area (Å²) in [5.41, 5.74) is 0. The lowest BCUT2D eigenvalue weighted by atomic mass is 9.92. The fourth-order valence-electron chi connectivity index (χ4n) is 2.34. The number of piperidine rings is 1. The highest BCUT2D eigenvalue weighted by molar-refractivity contribution is 5.79. The smallest absolute Gasteiger partial charge is 0.236 e. The van der Waals surface area contributed by atoms with Crippen molar-refractivity contribution in [2.24, 2.45) is 5.92 Å². The van der Waals surface area contributed by atoms with Gasteiger partial charge in [0.15, 0.2) is 0 Å². The zero-order valence-electron chi connectivity index (χ0n) is 11.3. The molecule has 2 amide bonds. The van der Waals surface area contributed by atoms with E-state index in [0.717, 1.165) is 6.42 Å². The Balaban J connectivity index is 2.71. The summed E-state index contributed by atoms with van der Waals surface area (Å²) in [5, 5.41) is 17.1. The maximum atomic E-state index is 11.7. The van der Waals surface area contributed by atoms with Crippen molar-refractivity contribution < 1.29 is 9.59 Å². The first-order chi connectivity index (χ1) is 9.01. The topological polar surface area (TPSA) is 88.2 Å². The van der Waals surface area contributed by atoms with Crippen LogP contribution in [0.3, 0.4) is 0 Å². The van der Waals surface area contributed by atoms with E-state index in [2.05, 4.69) is 0 Å². The molecule has 1 rings (SSSR count). The Labute approximate surface area is 113 Å². The number of hydrogen-bond acceptors (Lipinski definition) is 4. The van der Waals surface area contributed by atoms with Gasteiger partial charge in [-0.15, -0.1) is 0 Å². The van der Waals surface area contributed by atoms with Crippen LogP contribution in [-0.4, -0.2) is 47.8 Å². The molecule has 0 aromatic heterocycles. The zero-order chi connectivity index (χ0) is 14.4. The quantitative estimate of drug-likeness (QED) is 0.741. The Hall–Kier alpha value is -2.08. The van der Waals surface area contributed by atoms with E-state index in [1.807, 2.05) is 19.1 Å². The largest absolute Gasteiger partial charge is 0.340 e. The maximum absolute atomic E-state index is 11.7. The molecule has 1 saturated heterocycles. The first-order valence-electron chi connectivity index (χ1n) is 6.28. The molecular weight excluding hydrogens is 244 g/mol. The predicted octanol–water partition coefficient (Wildman–Crippen LogP) is 0.509. The van der Waals surface area contributed by atoms with Gasteiger partial charge in [-0.05, 0) is 12.3 Å².